The zero-order chi connectivity index (χ0) is 19.1. The fourth-order valence-electron chi connectivity index (χ4n) is 3.07. The molecule has 0 aliphatic carbocycles. The van der Waals surface area contributed by atoms with Crippen LogP contribution in [0.5, 0.6) is 0 Å². The van der Waals surface area contributed by atoms with Gasteiger partial charge in [0.1, 0.15) is 4.88 Å². The molecule has 0 unspecified atom stereocenters. The summed E-state index contributed by atoms with van der Waals surface area (Å²) in [7, 11) is -3.79. The number of carbonyl (C=O) groups is 2. The molecule has 1 saturated heterocycles. The quantitative estimate of drug-likeness (QED) is 0.778. The van der Waals surface area contributed by atoms with E-state index in [4.69, 9.17) is 4.74 Å². The molecule has 2 aromatic rings. The molecule has 1 N–H and O–H groups in total. The number of carboxylic acids is 1. The highest BCUT2D eigenvalue weighted by Gasteiger charge is 2.40. The van der Waals surface area contributed by atoms with E-state index in [1.807, 2.05) is 0 Å². The summed E-state index contributed by atoms with van der Waals surface area (Å²) in [6, 6.07) is 6.28. The Hall–Kier alpha value is -1.97. The van der Waals surface area contributed by atoms with Crippen LogP contribution in [0.2, 0.25) is 0 Å². The molecule has 2 atom stereocenters. The number of rotatable bonds is 5. The van der Waals surface area contributed by atoms with Gasteiger partial charge < -0.3 is 9.84 Å². The van der Waals surface area contributed by atoms with Crippen molar-refractivity contribution in [3.05, 3.63) is 29.1 Å². The molecule has 0 radical (unpaired) electrons. The first kappa shape index (κ1) is 18.8. The van der Waals surface area contributed by atoms with Crippen molar-refractivity contribution in [1.82, 2.24) is 4.31 Å². The average molecular weight is 397 g/mol. The van der Waals surface area contributed by atoms with Gasteiger partial charge in [-0.1, -0.05) is 6.92 Å². The van der Waals surface area contributed by atoms with Gasteiger partial charge in [-0.3, -0.25) is 4.79 Å². The second-order valence-corrected chi connectivity index (χ2v) is 9.30. The molecule has 7 nitrogen and oxygen atoms in total. The van der Waals surface area contributed by atoms with E-state index >= 15 is 0 Å². The molecule has 140 valence electrons. The smallest absolute Gasteiger partial charge is 0.348 e. The number of aliphatic carboxylic acids is 1. The van der Waals surface area contributed by atoms with Gasteiger partial charge in [0, 0.05) is 17.8 Å². The van der Waals surface area contributed by atoms with Gasteiger partial charge in [-0.05, 0) is 42.5 Å². The monoisotopic (exact) mass is 397 g/mol. The van der Waals surface area contributed by atoms with Gasteiger partial charge in [-0.2, -0.15) is 4.31 Å². The Balaban J connectivity index is 1.92. The summed E-state index contributed by atoms with van der Waals surface area (Å²) < 4.78 is 32.7. The Labute approximate surface area is 155 Å². The Kier molecular flexibility index (Phi) is 5.05. The molecule has 1 fully saturated rings. The van der Waals surface area contributed by atoms with Crippen LogP contribution in [0.1, 0.15) is 23.5 Å². The molecule has 1 aliphatic heterocycles. The summed E-state index contributed by atoms with van der Waals surface area (Å²) in [4.78, 5) is 23.6. The summed E-state index contributed by atoms with van der Waals surface area (Å²) >= 11 is 1.24. The number of fused-ring (bicyclic) bond motifs is 1. The minimum absolute atomic E-state index is 0.0332. The van der Waals surface area contributed by atoms with E-state index in [2.05, 4.69) is 0 Å². The minimum Gasteiger partial charge on any atom is -0.481 e. The van der Waals surface area contributed by atoms with Gasteiger partial charge in [0.15, 0.2) is 0 Å². The van der Waals surface area contributed by atoms with E-state index < -0.39 is 27.9 Å². The highest BCUT2D eigenvalue weighted by Crippen LogP contribution is 2.32. The lowest BCUT2D eigenvalue weighted by molar-refractivity contribution is -0.142. The number of benzene rings is 1. The summed E-state index contributed by atoms with van der Waals surface area (Å²) in [6.07, 6.45) is 0. The van der Waals surface area contributed by atoms with Crippen LogP contribution in [0, 0.1) is 11.8 Å². The van der Waals surface area contributed by atoms with Gasteiger partial charge in [0.05, 0.1) is 17.4 Å². The van der Waals surface area contributed by atoms with Crippen molar-refractivity contribution in [1.29, 1.82) is 0 Å². The van der Waals surface area contributed by atoms with E-state index in [0.29, 0.717) is 10.3 Å². The lowest BCUT2D eigenvalue weighted by Gasteiger charge is -2.16. The molecule has 0 spiro atoms. The average Bonchev–Trinajstić information content (AvgIpc) is 3.18. The molecule has 0 saturated carbocycles. The number of esters is 1. The van der Waals surface area contributed by atoms with Crippen LogP contribution in [0.3, 0.4) is 0 Å². The lowest BCUT2D eigenvalue weighted by atomic mass is 9.99. The maximum Gasteiger partial charge on any atom is 0.348 e. The van der Waals surface area contributed by atoms with Gasteiger partial charge in [-0.15, -0.1) is 11.3 Å². The predicted molar refractivity (Wildman–Crippen MR) is 96.8 cm³/mol. The van der Waals surface area contributed by atoms with Crippen LogP contribution in [0.4, 0.5) is 0 Å². The van der Waals surface area contributed by atoms with Crippen molar-refractivity contribution in [2.75, 3.05) is 19.7 Å². The Morgan fingerprint density at radius 3 is 2.65 bits per heavy atom. The first-order valence-corrected chi connectivity index (χ1v) is 10.4. The Morgan fingerprint density at radius 2 is 2.04 bits per heavy atom. The van der Waals surface area contributed by atoms with Gasteiger partial charge >= 0.3 is 11.9 Å². The van der Waals surface area contributed by atoms with Crippen LogP contribution < -0.4 is 0 Å². The normalized spacial score (nSPS) is 21.2. The molecule has 26 heavy (non-hydrogen) atoms. The second-order valence-electron chi connectivity index (χ2n) is 6.27. The maximum absolute atomic E-state index is 12.9. The molecule has 1 aliphatic rings. The highest BCUT2D eigenvalue weighted by atomic mass is 32.2. The van der Waals surface area contributed by atoms with Crippen molar-refractivity contribution >= 4 is 43.4 Å². The SMILES string of the molecule is CCOC(=O)c1cc2cc(S(=O)(=O)N3C[C@@H](C)[C@H](C(=O)O)C3)ccc2s1. The molecule has 9 heteroatoms. The van der Waals surface area contributed by atoms with E-state index in [9.17, 15) is 23.1 Å². The van der Waals surface area contributed by atoms with E-state index in [-0.39, 0.29) is 30.5 Å². The summed E-state index contributed by atoms with van der Waals surface area (Å²) in [5.41, 5.74) is 0. The standard InChI is InChI=1S/C17H19NO6S2/c1-3-24-17(21)15-7-11-6-12(4-5-14(11)25-15)26(22,23)18-8-10(2)13(9-18)16(19)20/h4-7,10,13H,3,8-9H2,1-2H3,(H,19,20)/t10-,13-/m1/s1. The fourth-order valence-corrected chi connectivity index (χ4v) is 5.61. The second kappa shape index (κ2) is 6.98. The number of carbonyl (C=O) groups excluding carboxylic acids is 1. The number of hydrogen-bond acceptors (Lipinski definition) is 6. The largest absolute Gasteiger partial charge is 0.481 e. The number of ether oxygens (including phenoxy) is 1. The molecule has 0 bridgehead atoms. The van der Waals surface area contributed by atoms with Crippen molar-refractivity contribution in [2.24, 2.45) is 11.8 Å². The van der Waals surface area contributed by atoms with Crippen LogP contribution in [0.25, 0.3) is 10.1 Å². The van der Waals surface area contributed by atoms with Crippen LogP contribution in [0.15, 0.2) is 29.2 Å². The van der Waals surface area contributed by atoms with Crippen molar-refractivity contribution in [2.45, 2.75) is 18.7 Å². The molecule has 1 aromatic carbocycles. The summed E-state index contributed by atoms with van der Waals surface area (Å²) in [5.74, 6) is -2.37. The zero-order valence-corrected chi connectivity index (χ0v) is 16.0. The molecular weight excluding hydrogens is 378 g/mol. The van der Waals surface area contributed by atoms with Crippen LogP contribution in [-0.4, -0.2) is 49.5 Å². The number of sulfonamides is 1. The van der Waals surface area contributed by atoms with Gasteiger partial charge in [0.25, 0.3) is 0 Å². The summed E-state index contributed by atoms with van der Waals surface area (Å²) in [6.45, 7) is 3.87. The van der Waals surface area contributed by atoms with Crippen molar-refractivity contribution < 1.29 is 27.9 Å². The molecule has 3 rings (SSSR count). The van der Waals surface area contributed by atoms with Crippen molar-refractivity contribution in [3.8, 4) is 0 Å². The molecule has 2 heterocycles. The number of nitrogens with zero attached hydrogens (tertiary/aromatic N) is 1. The zero-order valence-electron chi connectivity index (χ0n) is 14.3. The lowest BCUT2D eigenvalue weighted by Crippen LogP contribution is -2.30. The van der Waals surface area contributed by atoms with Gasteiger partial charge in [0.2, 0.25) is 10.0 Å². The van der Waals surface area contributed by atoms with Crippen molar-refractivity contribution in [3.63, 3.8) is 0 Å². The third-order valence-electron chi connectivity index (χ3n) is 4.50. The maximum atomic E-state index is 12.9. The number of carboxylic acid groups (broad SMARTS) is 1. The fraction of sp³-hybridized carbons (Fsp3) is 0.412. The number of thiophene rings is 1. The minimum atomic E-state index is -3.79. The number of hydrogen-bond donors (Lipinski definition) is 1. The van der Waals surface area contributed by atoms with E-state index in [0.717, 1.165) is 4.70 Å². The van der Waals surface area contributed by atoms with Crippen LogP contribution in [-0.2, 0) is 19.6 Å². The third-order valence-corrected chi connectivity index (χ3v) is 7.42. The first-order valence-electron chi connectivity index (χ1n) is 8.17. The molecular formula is C17H19NO6S2. The Bertz CT molecular complexity index is 965. The topological polar surface area (TPSA) is 101 Å². The van der Waals surface area contributed by atoms with Crippen LogP contribution >= 0.6 is 11.3 Å². The molecule has 0 amide bonds. The Morgan fingerprint density at radius 1 is 1.31 bits per heavy atom. The highest BCUT2D eigenvalue weighted by molar-refractivity contribution is 7.89. The van der Waals surface area contributed by atoms with E-state index in [1.54, 1.807) is 26.0 Å². The predicted octanol–water partition coefficient (Wildman–Crippen LogP) is 2.42. The third kappa shape index (κ3) is 3.34. The molecule has 1 aromatic heterocycles. The first-order chi connectivity index (χ1) is 12.2. The van der Waals surface area contributed by atoms with E-state index in [1.165, 1.54) is 27.8 Å². The summed E-state index contributed by atoms with van der Waals surface area (Å²) in [5, 5.41) is 9.85. The van der Waals surface area contributed by atoms with Gasteiger partial charge in [-0.25, -0.2) is 13.2 Å².